The minimum Gasteiger partial charge on any atom is -0.339 e. The molecule has 0 bridgehead atoms. The number of likely N-dealkylation sites (tertiary alicyclic amines) is 1. The number of benzene rings is 1. The number of rotatable bonds is 2. The van der Waals surface area contributed by atoms with E-state index in [1.807, 2.05) is 17.1 Å². The van der Waals surface area contributed by atoms with Crippen molar-refractivity contribution in [3.63, 3.8) is 0 Å². The van der Waals surface area contributed by atoms with Gasteiger partial charge in [-0.2, -0.15) is 0 Å². The fourth-order valence-corrected chi connectivity index (χ4v) is 4.22. The maximum Gasteiger partial charge on any atom is 0.253 e. The highest BCUT2D eigenvalue weighted by Gasteiger charge is 2.42. The molecule has 0 radical (unpaired) electrons. The number of fused-ring (bicyclic) bond motifs is 1. The molecule has 6 heteroatoms. The molecule has 2 fully saturated rings. The Morgan fingerprint density at radius 3 is 2.41 bits per heavy atom. The van der Waals surface area contributed by atoms with Gasteiger partial charge in [-0.1, -0.05) is 31.1 Å². The predicted molar refractivity (Wildman–Crippen MR) is 102 cm³/mol. The monoisotopic (exact) mass is 367 g/mol. The van der Waals surface area contributed by atoms with E-state index in [4.69, 9.17) is 0 Å². The Labute approximate surface area is 159 Å². The van der Waals surface area contributed by atoms with Crippen LogP contribution in [0.5, 0.6) is 0 Å². The van der Waals surface area contributed by atoms with Crippen LogP contribution in [0.15, 0.2) is 36.4 Å². The maximum atomic E-state index is 12.9. The van der Waals surface area contributed by atoms with Crippen molar-refractivity contribution in [2.75, 3.05) is 18.1 Å². The van der Waals surface area contributed by atoms with E-state index in [9.17, 15) is 14.4 Å². The zero-order valence-corrected chi connectivity index (χ0v) is 15.4. The van der Waals surface area contributed by atoms with Gasteiger partial charge in [0.1, 0.15) is 0 Å². The molecule has 2 aliphatic heterocycles. The van der Waals surface area contributed by atoms with Crippen molar-refractivity contribution in [2.45, 2.75) is 38.5 Å². The Balaban J connectivity index is 1.56. The van der Waals surface area contributed by atoms with Gasteiger partial charge in [0.25, 0.3) is 5.91 Å². The molecule has 142 valence electrons. The number of hydrazine groups is 1. The minimum atomic E-state index is -0.325. The van der Waals surface area contributed by atoms with Gasteiger partial charge in [-0.25, -0.2) is 5.01 Å². The lowest BCUT2D eigenvalue weighted by Crippen LogP contribution is -2.59. The van der Waals surface area contributed by atoms with Gasteiger partial charge >= 0.3 is 0 Å². The molecule has 1 aromatic rings. The van der Waals surface area contributed by atoms with Crippen LogP contribution >= 0.6 is 0 Å². The van der Waals surface area contributed by atoms with Crippen LogP contribution in [0.3, 0.4) is 0 Å². The summed E-state index contributed by atoms with van der Waals surface area (Å²) in [6.45, 7) is 1.55. The first-order valence-corrected chi connectivity index (χ1v) is 9.84. The second-order valence-electron chi connectivity index (χ2n) is 7.56. The van der Waals surface area contributed by atoms with Gasteiger partial charge in [0.2, 0.25) is 11.8 Å². The second kappa shape index (κ2) is 7.55. The number of hydrogen-bond acceptors (Lipinski definition) is 3. The maximum absolute atomic E-state index is 12.9. The highest BCUT2D eigenvalue weighted by molar-refractivity contribution is 6.05. The lowest BCUT2D eigenvalue weighted by molar-refractivity contribution is -0.139. The average Bonchev–Trinajstić information content (AvgIpc) is 3.00. The lowest BCUT2D eigenvalue weighted by atomic mass is 9.80. The fraction of sp³-hybridized carbons (Fsp3) is 0.476. The third kappa shape index (κ3) is 3.48. The van der Waals surface area contributed by atoms with E-state index < -0.39 is 0 Å². The number of anilines is 1. The summed E-state index contributed by atoms with van der Waals surface area (Å²) in [6.07, 6.45) is 9.50. The fourth-order valence-electron chi connectivity index (χ4n) is 4.22. The molecule has 2 saturated heterocycles. The summed E-state index contributed by atoms with van der Waals surface area (Å²) in [5, 5.41) is 1.32. The molecular formula is C21H25N3O3. The number of hydrogen-bond donors (Lipinski definition) is 1. The van der Waals surface area contributed by atoms with E-state index in [1.165, 1.54) is 5.01 Å². The van der Waals surface area contributed by atoms with Crippen molar-refractivity contribution in [2.24, 2.45) is 11.8 Å². The van der Waals surface area contributed by atoms with Gasteiger partial charge in [-0.05, 0) is 43.9 Å². The lowest BCUT2D eigenvalue weighted by Gasteiger charge is -2.38. The molecule has 0 saturated carbocycles. The van der Waals surface area contributed by atoms with E-state index in [1.54, 1.807) is 24.3 Å². The molecule has 1 N–H and O–H groups in total. The molecule has 1 aliphatic carbocycles. The number of nitrogens with one attached hydrogen (secondary N) is 1. The summed E-state index contributed by atoms with van der Waals surface area (Å²) >= 11 is 0. The Kier molecular flexibility index (Phi) is 4.97. The molecule has 27 heavy (non-hydrogen) atoms. The first kappa shape index (κ1) is 17.8. The molecule has 0 aromatic heterocycles. The number of carbonyl (C=O) groups is 3. The third-order valence-corrected chi connectivity index (χ3v) is 5.77. The topological polar surface area (TPSA) is 69.7 Å². The van der Waals surface area contributed by atoms with Crippen LogP contribution in [0.4, 0.5) is 5.69 Å². The Morgan fingerprint density at radius 2 is 1.67 bits per heavy atom. The molecule has 3 aliphatic rings. The van der Waals surface area contributed by atoms with Crippen LogP contribution in [0.25, 0.3) is 0 Å². The Bertz CT molecular complexity index is 781. The van der Waals surface area contributed by atoms with Crippen LogP contribution < -0.4 is 10.4 Å². The smallest absolute Gasteiger partial charge is 0.253 e. The SMILES string of the molecule is O=C1NN(c2cccc(C(=O)N3CCCCCC3)c2)C(=O)[C@@H]2CC=CC[C@@H]12. The van der Waals surface area contributed by atoms with Crippen molar-refractivity contribution in [3.05, 3.63) is 42.0 Å². The van der Waals surface area contributed by atoms with Crippen molar-refractivity contribution >= 4 is 23.4 Å². The number of nitrogens with zero attached hydrogens (tertiary/aromatic N) is 2. The molecule has 4 rings (SSSR count). The van der Waals surface area contributed by atoms with Gasteiger partial charge in [-0.15, -0.1) is 0 Å². The van der Waals surface area contributed by atoms with Gasteiger partial charge in [-0.3, -0.25) is 19.8 Å². The molecular weight excluding hydrogens is 342 g/mol. The van der Waals surface area contributed by atoms with Crippen molar-refractivity contribution in [1.82, 2.24) is 10.3 Å². The Hall–Kier alpha value is -2.63. The van der Waals surface area contributed by atoms with Crippen molar-refractivity contribution in [1.29, 1.82) is 0 Å². The zero-order valence-electron chi connectivity index (χ0n) is 15.4. The largest absolute Gasteiger partial charge is 0.339 e. The third-order valence-electron chi connectivity index (χ3n) is 5.77. The van der Waals surface area contributed by atoms with Crippen LogP contribution in [0.2, 0.25) is 0 Å². The first-order chi connectivity index (χ1) is 13.1. The predicted octanol–water partition coefficient (Wildman–Crippen LogP) is 2.66. The van der Waals surface area contributed by atoms with Gasteiger partial charge in [0.05, 0.1) is 17.5 Å². The molecule has 2 heterocycles. The van der Waals surface area contributed by atoms with Gasteiger partial charge < -0.3 is 4.90 Å². The second-order valence-corrected chi connectivity index (χ2v) is 7.56. The van der Waals surface area contributed by atoms with Crippen molar-refractivity contribution < 1.29 is 14.4 Å². The minimum absolute atomic E-state index is 0.00647. The van der Waals surface area contributed by atoms with Crippen LogP contribution in [-0.4, -0.2) is 35.7 Å². The van der Waals surface area contributed by atoms with Crippen LogP contribution in [-0.2, 0) is 9.59 Å². The van der Waals surface area contributed by atoms with E-state index in [0.29, 0.717) is 24.1 Å². The normalized spacial score (nSPS) is 25.6. The molecule has 2 atom stereocenters. The summed E-state index contributed by atoms with van der Waals surface area (Å²) in [5.41, 5.74) is 3.82. The van der Waals surface area contributed by atoms with Crippen LogP contribution in [0, 0.1) is 11.8 Å². The molecule has 0 spiro atoms. The number of carbonyl (C=O) groups excluding carboxylic acids is 3. The summed E-state index contributed by atoms with van der Waals surface area (Å²) in [4.78, 5) is 40.1. The van der Waals surface area contributed by atoms with Crippen molar-refractivity contribution in [3.8, 4) is 0 Å². The highest BCUT2D eigenvalue weighted by Crippen LogP contribution is 2.32. The van der Waals surface area contributed by atoms with E-state index >= 15 is 0 Å². The number of allylic oxidation sites excluding steroid dienone is 2. The quantitative estimate of drug-likeness (QED) is 0.817. The first-order valence-electron chi connectivity index (χ1n) is 9.84. The summed E-state index contributed by atoms with van der Waals surface area (Å²) in [6, 6.07) is 7.02. The summed E-state index contributed by atoms with van der Waals surface area (Å²) < 4.78 is 0. The molecule has 1 aromatic carbocycles. The van der Waals surface area contributed by atoms with E-state index in [0.717, 1.165) is 38.8 Å². The zero-order chi connectivity index (χ0) is 18.8. The Morgan fingerprint density at radius 1 is 0.963 bits per heavy atom. The molecule has 3 amide bonds. The number of amides is 3. The summed E-state index contributed by atoms with van der Waals surface area (Å²) in [5.74, 6) is -0.862. The van der Waals surface area contributed by atoms with E-state index in [-0.39, 0.29) is 29.6 Å². The summed E-state index contributed by atoms with van der Waals surface area (Å²) in [7, 11) is 0. The highest BCUT2D eigenvalue weighted by atomic mass is 16.2. The standard InChI is InChI=1S/C21H25N3O3/c25-19-17-10-3-4-11-18(17)21(27)24(22-19)16-9-7-8-15(14-16)20(26)23-12-5-1-2-6-13-23/h3-4,7-9,14,17-18H,1-2,5-6,10-13H2,(H,22,25)/t17-,18-/m1/s1. The molecule has 0 unspecified atom stereocenters. The average molecular weight is 367 g/mol. The van der Waals surface area contributed by atoms with E-state index in [2.05, 4.69) is 5.43 Å². The van der Waals surface area contributed by atoms with Crippen LogP contribution in [0.1, 0.15) is 48.9 Å². The van der Waals surface area contributed by atoms with Gasteiger partial charge in [0, 0.05) is 18.7 Å². The van der Waals surface area contributed by atoms with Gasteiger partial charge in [0.15, 0.2) is 0 Å². The molecule has 6 nitrogen and oxygen atoms in total.